The Balaban J connectivity index is 1.68. The van der Waals surface area contributed by atoms with E-state index in [1.807, 2.05) is 196 Å². The first-order valence-corrected chi connectivity index (χ1v) is 20.2. The molecule has 0 radical (unpaired) electrons. The molecule has 0 saturated heterocycles. The Morgan fingerprint density at radius 1 is 0.468 bits per heavy atom. The van der Waals surface area contributed by atoms with Crippen LogP contribution in [0.2, 0.25) is 0 Å². The van der Waals surface area contributed by atoms with Crippen LogP contribution in [0.4, 0.5) is 11.4 Å². The smallest absolute Gasteiger partial charge is 0.188 e. The Hall–Kier alpha value is -8.60. The molecule has 0 spiro atoms. The molecule has 1 unspecified atom stereocenters. The van der Waals surface area contributed by atoms with Crippen LogP contribution in [0, 0.1) is 62.6 Å². The van der Waals surface area contributed by atoms with Crippen LogP contribution >= 0.6 is 0 Å². The largest absolute Gasteiger partial charge is 0.378 e. The molecule has 8 rings (SSSR count). The summed E-state index contributed by atoms with van der Waals surface area (Å²) in [4.78, 5) is 3.97. The van der Waals surface area contributed by atoms with Gasteiger partial charge in [-0.25, -0.2) is 0 Å². The Bertz CT molecular complexity index is 3030. The van der Waals surface area contributed by atoms with E-state index in [0.717, 1.165) is 44.8 Å². The molecule has 0 aliphatic heterocycles. The Labute approximate surface area is 363 Å². The number of anilines is 2. The van der Waals surface area contributed by atoms with E-state index >= 15 is 0 Å². The van der Waals surface area contributed by atoms with Crippen LogP contribution < -0.4 is 9.80 Å². The van der Waals surface area contributed by atoms with Gasteiger partial charge in [-0.1, -0.05) is 145 Å². The maximum absolute atomic E-state index is 12.3. The number of rotatable bonds is 8. The predicted octanol–water partition coefficient (Wildman–Crippen LogP) is 11.0. The summed E-state index contributed by atoms with van der Waals surface area (Å²) in [7, 11) is 7.81. The third-order valence-corrected chi connectivity index (χ3v) is 11.8. The lowest BCUT2D eigenvalue weighted by Gasteiger charge is -2.41. The minimum atomic E-state index is -2.11. The minimum absolute atomic E-state index is 0.189. The normalized spacial score (nSPS) is 15.9. The molecular formula is C56H40N6. The second kappa shape index (κ2) is 16.6. The van der Waals surface area contributed by atoms with Gasteiger partial charge in [-0.15, -0.1) is 0 Å². The molecule has 294 valence electrons. The zero-order chi connectivity index (χ0) is 43.4. The van der Waals surface area contributed by atoms with Gasteiger partial charge < -0.3 is 9.80 Å². The summed E-state index contributed by atoms with van der Waals surface area (Å²) in [5.74, 6) is 7.02. The van der Waals surface area contributed by atoms with Crippen LogP contribution in [0.5, 0.6) is 0 Å². The lowest BCUT2D eigenvalue weighted by atomic mass is 9.54. The standard InChI is InChI=1S/C56H40N6/c1-61(2)46-30-25-39(26-31-46)27-34-48-53(49(44(35-57)36-58)42-28-32-47(33-29-42)62(3)4)55(37-59,38-60)56(45-23-15-8-16-24-45)52(43-21-13-7-14-22-43)50(40-17-9-5-10-18-40)51(54(48)56)41-19-11-6-12-20-41/h5-26,28-33H,1-4H3. The van der Waals surface area contributed by atoms with Crippen LogP contribution in [0.25, 0.3) is 22.3 Å². The number of nitrogens with zero attached hydrogens (tertiary/aromatic N) is 6. The molecule has 0 heterocycles. The summed E-state index contributed by atoms with van der Waals surface area (Å²) in [6.07, 6.45) is 0. The fraction of sp³-hybridized carbons (Fsp3) is 0.107. The fourth-order valence-corrected chi connectivity index (χ4v) is 9.08. The van der Waals surface area contributed by atoms with Crippen molar-refractivity contribution in [3.63, 3.8) is 0 Å². The third kappa shape index (κ3) is 6.35. The molecule has 6 aromatic rings. The molecule has 6 aromatic carbocycles. The topological polar surface area (TPSA) is 102 Å². The highest BCUT2D eigenvalue weighted by molar-refractivity contribution is 6.26. The minimum Gasteiger partial charge on any atom is -0.378 e. The van der Waals surface area contributed by atoms with Crippen molar-refractivity contribution in [2.24, 2.45) is 5.41 Å². The van der Waals surface area contributed by atoms with Crippen LogP contribution in [0.1, 0.15) is 33.4 Å². The van der Waals surface area contributed by atoms with E-state index in [9.17, 15) is 21.0 Å². The number of fused-ring (bicyclic) bond motifs is 1. The number of benzene rings is 6. The van der Waals surface area contributed by atoms with E-state index in [-0.39, 0.29) is 16.7 Å². The van der Waals surface area contributed by atoms with Gasteiger partial charge in [-0.2, -0.15) is 21.0 Å². The Morgan fingerprint density at radius 3 is 1.35 bits per heavy atom. The van der Waals surface area contributed by atoms with Gasteiger partial charge in [0.1, 0.15) is 17.7 Å². The Kier molecular flexibility index (Phi) is 10.7. The van der Waals surface area contributed by atoms with Crippen molar-refractivity contribution in [3.05, 3.63) is 226 Å². The molecule has 2 aliphatic rings. The van der Waals surface area contributed by atoms with E-state index in [2.05, 4.69) is 48.3 Å². The molecular weight excluding hydrogens is 757 g/mol. The average molecular weight is 797 g/mol. The molecule has 2 aliphatic carbocycles. The zero-order valence-corrected chi connectivity index (χ0v) is 34.8. The second-order valence-corrected chi connectivity index (χ2v) is 15.5. The van der Waals surface area contributed by atoms with E-state index in [1.54, 1.807) is 0 Å². The summed E-state index contributed by atoms with van der Waals surface area (Å²) >= 11 is 0. The van der Waals surface area contributed by atoms with Gasteiger partial charge in [0.05, 0.1) is 17.6 Å². The van der Waals surface area contributed by atoms with E-state index in [4.69, 9.17) is 0 Å². The maximum atomic E-state index is 12.3. The number of hydrogen-bond acceptors (Lipinski definition) is 6. The monoisotopic (exact) mass is 796 g/mol. The molecule has 0 bridgehead atoms. The Morgan fingerprint density at radius 2 is 0.903 bits per heavy atom. The summed E-state index contributed by atoms with van der Waals surface area (Å²) < 4.78 is 0. The second-order valence-electron chi connectivity index (χ2n) is 15.5. The molecule has 6 nitrogen and oxygen atoms in total. The number of allylic oxidation sites excluding steroid dienone is 8. The first kappa shape index (κ1) is 40.2. The van der Waals surface area contributed by atoms with Crippen molar-refractivity contribution in [3.8, 4) is 36.1 Å². The summed E-state index contributed by atoms with van der Waals surface area (Å²) in [6, 6.07) is 64.7. The van der Waals surface area contributed by atoms with E-state index in [1.165, 1.54) is 0 Å². The van der Waals surface area contributed by atoms with Crippen LogP contribution in [-0.2, 0) is 5.41 Å². The molecule has 0 N–H and O–H groups in total. The lowest BCUT2D eigenvalue weighted by molar-refractivity contribution is 0.481. The highest BCUT2D eigenvalue weighted by Gasteiger charge is 2.70. The predicted molar refractivity (Wildman–Crippen MR) is 248 cm³/mol. The van der Waals surface area contributed by atoms with Crippen LogP contribution in [-0.4, -0.2) is 28.2 Å². The number of hydrogen-bond donors (Lipinski definition) is 0. The van der Waals surface area contributed by atoms with Crippen molar-refractivity contribution in [1.29, 1.82) is 21.0 Å². The molecule has 6 heteroatoms. The van der Waals surface area contributed by atoms with Gasteiger partial charge in [-0.05, 0) is 86.5 Å². The molecule has 0 amide bonds. The quantitative estimate of drug-likeness (QED) is 0.112. The van der Waals surface area contributed by atoms with Gasteiger partial charge in [-0.3, -0.25) is 0 Å². The third-order valence-electron chi connectivity index (χ3n) is 11.8. The zero-order valence-electron chi connectivity index (χ0n) is 34.8. The van der Waals surface area contributed by atoms with Gasteiger partial charge in [0.15, 0.2) is 5.41 Å². The van der Waals surface area contributed by atoms with Crippen molar-refractivity contribution >= 4 is 33.7 Å². The SMILES string of the molecule is CN(C)c1ccc(C#CC2=C(C(=C(C#N)C#N)c3ccc(N(C)C)cc3)C(C#N)(C#N)C3(c4ccccc4)C2=C(c2ccccc2)C(c2ccccc2)=C3c2ccccc2)cc1. The van der Waals surface area contributed by atoms with Gasteiger partial charge in [0, 0.05) is 61.8 Å². The van der Waals surface area contributed by atoms with E-state index < -0.39 is 10.8 Å². The van der Waals surface area contributed by atoms with Crippen molar-refractivity contribution < 1.29 is 0 Å². The van der Waals surface area contributed by atoms with E-state index in [0.29, 0.717) is 27.8 Å². The van der Waals surface area contributed by atoms with Gasteiger partial charge in [0.25, 0.3) is 0 Å². The highest BCUT2D eigenvalue weighted by Crippen LogP contribution is 2.74. The molecule has 0 saturated carbocycles. The first-order valence-electron chi connectivity index (χ1n) is 20.2. The van der Waals surface area contributed by atoms with Crippen molar-refractivity contribution in [2.75, 3.05) is 38.0 Å². The molecule has 62 heavy (non-hydrogen) atoms. The van der Waals surface area contributed by atoms with Crippen LogP contribution in [0.15, 0.2) is 192 Å². The average Bonchev–Trinajstić information content (AvgIpc) is 3.77. The lowest BCUT2D eigenvalue weighted by Crippen LogP contribution is -2.43. The highest BCUT2D eigenvalue weighted by atomic mass is 15.1. The molecule has 0 aromatic heterocycles. The van der Waals surface area contributed by atoms with Crippen LogP contribution in [0.3, 0.4) is 0 Å². The summed E-state index contributed by atoms with van der Waals surface area (Å²) in [5.41, 5.74) is 6.31. The summed E-state index contributed by atoms with van der Waals surface area (Å²) in [5, 5.41) is 46.3. The summed E-state index contributed by atoms with van der Waals surface area (Å²) in [6.45, 7) is 0. The van der Waals surface area contributed by atoms with Gasteiger partial charge in [0.2, 0.25) is 0 Å². The number of nitriles is 4. The molecule has 0 fully saturated rings. The fourth-order valence-electron chi connectivity index (χ4n) is 9.08. The van der Waals surface area contributed by atoms with Crippen molar-refractivity contribution in [2.45, 2.75) is 5.41 Å². The molecule has 1 atom stereocenters. The van der Waals surface area contributed by atoms with Gasteiger partial charge >= 0.3 is 0 Å². The first-order chi connectivity index (χ1) is 30.2. The maximum Gasteiger partial charge on any atom is 0.188 e. The van der Waals surface area contributed by atoms with Crippen molar-refractivity contribution in [1.82, 2.24) is 0 Å².